The zero-order chi connectivity index (χ0) is 18.9. The molecule has 0 fully saturated rings. The van der Waals surface area contributed by atoms with Gasteiger partial charge in [-0.05, 0) is 52.6 Å². The standard InChI is InChI=1S/C26H20N2/c1-26(2)21-11-5-3-9-17(21)19-16-24-20(15-22(19)26)18-10-4-6-12-23(18)28(24)25-13-7-8-14-27-25/h3-16H,1-2H3. The Morgan fingerprint density at radius 3 is 2.32 bits per heavy atom. The molecule has 3 aromatic carbocycles. The zero-order valence-electron chi connectivity index (χ0n) is 16.0. The van der Waals surface area contributed by atoms with Gasteiger partial charge in [0.25, 0.3) is 0 Å². The highest BCUT2D eigenvalue weighted by Gasteiger charge is 2.36. The molecule has 0 bridgehead atoms. The van der Waals surface area contributed by atoms with Crippen molar-refractivity contribution in [3.63, 3.8) is 0 Å². The summed E-state index contributed by atoms with van der Waals surface area (Å²) in [5.74, 6) is 0.958. The summed E-state index contributed by atoms with van der Waals surface area (Å²) >= 11 is 0. The molecule has 0 saturated carbocycles. The van der Waals surface area contributed by atoms with Crippen molar-refractivity contribution in [1.82, 2.24) is 9.55 Å². The molecule has 2 heterocycles. The predicted octanol–water partition coefficient (Wildman–Crippen LogP) is 6.49. The maximum absolute atomic E-state index is 4.65. The molecular formula is C26H20N2. The topological polar surface area (TPSA) is 17.8 Å². The summed E-state index contributed by atoms with van der Waals surface area (Å²) in [5, 5.41) is 2.57. The van der Waals surface area contributed by atoms with Crippen molar-refractivity contribution in [1.29, 1.82) is 0 Å². The highest BCUT2D eigenvalue weighted by atomic mass is 15.1. The van der Waals surface area contributed by atoms with Crippen LogP contribution < -0.4 is 0 Å². The molecular weight excluding hydrogens is 340 g/mol. The second-order valence-electron chi connectivity index (χ2n) is 8.13. The van der Waals surface area contributed by atoms with Crippen molar-refractivity contribution < 1.29 is 0 Å². The third-order valence-electron chi connectivity index (χ3n) is 6.25. The third-order valence-corrected chi connectivity index (χ3v) is 6.25. The maximum atomic E-state index is 4.65. The summed E-state index contributed by atoms with van der Waals surface area (Å²) in [5.41, 5.74) is 7.93. The van der Waals surface area contributed by atoms with Crippen LogP contribution in [0.1, 0.15) is 25.0 Å². The highest BCUT2D eigenvalue weighted by Crippen LogP contribution is 2.50. The summed E-state index contributed by atoms with van der Waals surface area (Å²) in [7, 11) is 0. The monoisotopic (exact) mass is 360 g/mol. The fourth-order valence-corrected chi connectivity index (χ4v) is 4.90. The van der Waals surface area contributed by atoms with Gasteiger partial charge < -0.3 is 0 Å². The van der Waals surface area contributed by atoms with E-state index in [4.69, 9.17) is 0 Å². The fraction of sp³-hybridized carbons (Fsp3) is 0.115. The van der Waals surface area contributed by atoms with Crippen LogP contribution in [0.4, 0.5) is 0 Å². The van der Waals surface area contributed by atoms with Crippen LogP contribution in [0.2, 0.25) is 0 Å². The number of para-hydroxylation sites is 1. The van der Waals surface area contributed by atoms with E-state index in [0.29, 0.717) is 0 Å². The van der Waals surface area contributed by atoms with Crippen molar-refractivity contribution in [3.05, 3.63) is 96.2 Å². The number of rotatable bonds is 1. The minimum atomic E-state index is 0.00825. The highest BCUT2D eigenvalue weighted by molar-refractivity contribution is 6.11. The van der Waals surface area contributed by atoms with Crippen LogP contribution in [-0.4, -0.2) is 9.55 Å². The molecule has 0 amide bonds. The average Bonchev–Trinajstić information content (AvgIpc) is 3.17. The Balaban J connectivity index is 1.80. The lowest BCUT2D eigenvalue weighted by Gasteiger charge is -2.21. The molecule has 1 aliphatic carbocycles. The number of nitrogens with zero attached hydrogens (tertiary/aromatic N) is 2. The molecule has 134 valence electrons. The van der Waals surface area contributed by atoms with E-state index in [9.17, 15) is 0 Å². The minimum Gasteiger partial charge on any atom is -0.294 e. The van der Waals surface area contributed by atoms with Gasteiger partial charge in [-0.15, -0.1) is 0 Å². The summed E-state index contributed by atoms with van der Waals surface area (Å²) in [6.45, 7) is 4.67. The first-order valence-corrected chi connectivity index (χ1v) is 9.75. The van der Waals surface area contributed by atoms with E-state index in [1.165, 1.54) is 44.1 Å². The van der Waals surface area contributed by atoms with E-state index in [-0.39, 0.29) is 5.41 Å². The Bertz CT molecular complexity index is 1370. The average molecular weight is 360 g/mol. The number of aromatic nitrogens is 2. The normalized spacial score (nSPS) is 14.4. The Labute approximate surface area is 164 Å². The first-order valence-electron chi connectivity index (χ1n) is 9.75. The molecule has 1 aliphatic rings. The molecule has 0 spiro atoms. The minimum absolute atomic E-state index is 0.00825. The molecule has 0 atom stereocenters. The number of pyridine rings is 1. The van der Waals surface area contributed by atoms with Gasteiger partial charge in [0.15, 0.2) is 0 Å². The van der Waals surface area contributed by atoms with Crippen molar-refractivity contribution in [2.24, 2.45) is 0 Å². The molecule has 2 heteroatoms. The van der Waals surface area contributed by atoms with E-state index < -0.39 is 0 Å². The van der Waals surface area contributed by atoms with Crippen LogP contribution in [0, 0.1) is 0 Å². The second-order valence-corrected chi connectivity index (χ2v) is 8.13. The smallest absolute Gasteiger partial charge is 0.137 e. The van der Waals surface area contributed by atoms with Crippen LogP contribution in [0.25, 0.3) is 38.8 Å². The van der Waals surface area contributed by atoms with Gasteiger partial charge >= 0.3 is 0 Å². The first kappa shape index (κ1) is 15.6. The van der Waals surface area contributed by atoms with Crippen molar-refractivity contribution in [2.75, 3.05) is 0 Å². The Kier molecular flexibility index (Phi) is 2.98. The maximum Gasteiger partial charge on any atom is 0.137 e. The molecule has 0 unspecified atom stereocenters. The molecule has 0 N–H and O–H groups in total. The number of hydrogen-bond acceptors (Lipinski definition) is 1. The van der Waals surface area contributed by atoms with E-state index in [0.717, 1.165) is 5.82 Å². The molecule has 6 rings (SSSR count). The molecule has 28 heavy (non-hydrogen) atoms. The van der Waals surface area contributed by atoms with Gasteiger partial charge in [-0.3, -0.25) is 4.57 Å². The van der Waals surface area contributed by atoms with E-state index in [1.54, 1.807) is 0 Å². The summed E-state index contributed by atoms with van der Waals surface area (Å²) in [4.78, 5) is 4.65. The van der Waals surface area contributed by atoms with Gasteiger partial charge in [0.05, 0.1) is 11.0 Å². The molecule has 0 radical (unpaired) electrons. The molecule has 5 aromatic rings. The van der Waals surface area contributed by atoms with Gasteiger partial charge in [-0.1, -0.05) is 62.4 Å². The van der Waals surface area contributed by atoms with Gasteiger partial charge in [0.2, 0.25) is 0 Å². The molecule has 2 aromatic heterocycles. The van der Waals surface area contributed by atoms with E-state index in [2.05, 4.69) is 96.2 Å². The van der Waals surface area contributed by atoms with Gasteiger partial charge in [-0.25, -0.2) is 4.98 Å². The van der Waals surface area contributed by atoms with Crippen LogP contribution >= 0.6 is 0 Å². The molecule has 0 saturated heterocycles. The van der Waals surface area contributed by atoms with E-state index >= 15 is 0 Å². The van der Waals surface area contributed by atoms with Gasteiger partial charge in [-0.2, -0.15) is 0 Å². The Hall–Kier alpha value is -3.39. The second kappa shape index (κ2) is 5.32. The summed E-state index contributed by atoms with van der Waals surface area (Å²) in [6.07, 6.45) is 1.86. The molecule has 2 nitrogen and oxygen atoms in total. The van der Waals surface area contributed by atoms with Crippen LogP contribution in [-0.2, 0) is 5.41 Å². The third kappa shape index (κ3) is 1.90. The Morgan fingerprint density at radius 1 is 0.679 bits per heavy atom. The van der Waals surface area contributed by atoms with Crippen LogP contribution in [0.3, 0.4) is 0 Å². The number of benzene rings is 3. The van der Waals surface area contributed by atoms with E-state index in [1.807, 2.05) is 12.3 Å². The fourth-order valence-electron chi connectivity index (χ4n) is 4.90. The van der Waals surface area contributed by atoms with Crippen molar-refractivity contribution in [2.45, 2.75) is 19.3 Å². The first-order chi connectivity index (χ1) is 13.7. The largest absolute Gasteiger partial charge is 0.294 e. The lowest BCUT2D eigenvalue weighted by atomic mass is 9.82. The predicted molar refractivity (Wildman–Crippen MR) is 116 cm³/mol. The summed E-state index contributed by atoms with van der Waals surface area (Å²) in [6, 6.07) is 28.3. The SMILES string of the molecule is CC1(C)c2ccccc2-c2cc3c(cc21)c1ccccc1n3-c1ccccn1. The summed E-state index contributed by atoms with van der Waals surface area (Å²) < 4.78 is 2.29. The number of fused-ring (bicyclic) bond motifs is 6. The molecule has 0 aliphatic heterocycles. The zero-order valence-corrected chi connectivity index (χ0v) is 16.0. The van der Waals surface area contributed by atoms with Crippen molar-refractivity contribution >= 4 is 21.8 Å². The van der Waals surface area contributed by atoms with Gasteiger partial charge in [0.1, 0.15) is 5.82 Å². The number of hydrogen-bond donors (Lipinski definition) is 0. The van der Waals surface area contributed by atoms with Crippen LogP contribution in [0.5, 0.6) is 0 Å². The quantitative estimate of drug-likeness (QED) is 0.334. The lowest BCUT2D eigenvalue weighted by Crippen LogP contribution is -2.14. The van der Waals surface area contributed by atoms with Crippen LogP contribution in [0.15, 0.2) is 85.1 Å². The van der Waals surface area contributed by atoms with Crippen molar-refractivity contribution in [3.8, 4) is 16.9 Å². The Morgan fingerprint density at radius 2 is 1.46 bits per heavy atom. The lowest BCUT2D eigenvalue weighted by molar-refractivity contribution is 0.661. The van der Waals surface area contributed by atoms with Gasteiger partial charge in [0, 0.05) is 22.4 Å².